The first-order valence-corrected chi connectivity index (χ1v) is 4.66. The third-order valence-electron chi connectivity index (χ3n) is 2.08. The van der Waals surface area contributed by atoms with E-state index in [4.69, 9.17) is 9.84 Å². The van der Waals surface area contributed by atoms with Gasteiger partial charge in [0.1, 0.15) is 11.9 Å². The molecule has 1 aromatic carbocycles. The third kappa shape index (κ3) is 3.04. The van der Waals surface area contributed by atoms with Crippen LogP contribution in [0.2, 0.25) is 0 Å². The van der Waals surface area contributed by atoms with Crippen molar-refractivity contribution >= 4 is 5.78 Å². The van der Waals surface area contributed by atoms with Gasteiger partial charge in [-0.05, 0) is 24.3 Å². The van der Waals surface area contributed by atoms with Gasteiger partial charge >= 0.3 is 0 Å². The van der Waals surface area contributed by atoms with E-state index in [1.807, 2.05) is 0 Å². The molecule has 0 heterocycles. The fraction of sp³-hybridized carbons (Fsp3) is 0.364. The van der Waals surface area contributed by atoms with Crippen molar-refractivity contribution in [3.8, 4) is 5.75 Å². The maximum atomic E-state index is 11.5. The highest BCUT2D eigenvalue weighted by atomic mass is 16.5. The molecule has 0 fully saturated rings. The SMILES string of the molecule is COc1ccc(C(=O)[C@H](O)CCO)cc1. The Morgan fingerprint density at radius 3 is 2.47 bits per heavy atom. The molecule has 4 heteroatoms. The Kier molecular flexibility index (Phi) is 4.27. The topological polar surface area (TPSA) is 66.8 Å². The Morgan fingerprint density at radius 1 is 1.40 bits per heavy atom. The minimum atomic E-state index is -1.14. The highest BCUT2D eigenvalue weighted by Gasteiger charge is 2.16. The van der Waals surface area contributed by atoms with Crippen molar-refractivity contribution in [2.45, 2.75) is 12.5 Å². The Balaban J connectivity index is 2.73. The molecule has 0 aliphatic heterocycles. The summed E-state index contributed by atoms with van der Waals surface area (Å²) in [6, 6.07) is 6.47. The van der Waals surface area contributed by atoms with Gasteiger partial charge in [-0.2, -0.15) is 0 Å². The maximum Gasteiger partial charge on any atom is 0.191 e. The standard InChI is InChI=1S/C11H14O4/c1-15-9-4-2-8(3-5-9)11(14)10(13)6-7-12/h2-5,10,12-13H,6-7H2,1H3/t10-/m1/s1. The molecule has 4 nitrogen and oxygen atoms in total. The largest absolute Gasteiger partial charge is 0.497 e. The zero-order valence-electron chi connectivity index (χ0n) is 8.51. The number of hydrogen-bond donors (Lipinski definition) is 2. The van der Waals surface area contributed by atoms with E-state index in [0.29, 0.717) is 11.3 Å². The molecule has 0 aliphatic rings. The summed E-state index contributed by atoms with van der Waals surface area (Å²) in [6.45, 7) is -0.205. The van der Waals surface area contributed by atoms with Gasteiger partial charge in [0.05, 0.1) is 7.11 Å². The minimum Gasteiger partial charge on any atom is -0.497 e. The first kappa shape index (κ1) is 11.7. The third-order valence-corrected chi connectivity index (χ3v) is 2.08. The molecule has 0 spiro atoms. The first-order chi connectivity index (χ1) is 7.19. The molecule has 0 unspecified atom stereocenters. The van der Waals surface area contributed by atoms with Crippen LogP contribution in [0.25, 0.3) is 0 Å². The van der Waals surface area contributed by atoms with Crippen molar-refractivity contribution < 1.29 is 19.7 Å². The lowest BCUT2D eigenvalue weighted by Gasteiger charge is -2.08. The minimum absolute atomic E-state index is 0.0604. The molecule has 0 bridgehead atoms. The predicted octanol–water partition coefficient (Wildman–Crippen LogP) is 0.621. The Hall–Kier alpha value is -1.39. The van der Waals surface area contributed by atoms with Crippen LogP contribution in [-0.2, 0) is 0 Å². The number of methoxy groups -OCH3 is 1. The van der Waals surface area contributed by atoms with Gasteiger partial charge in [-0.15, -0.1) is 0 Å². The number of aliphatic hydroxyl groups excluding tert-OH is 2. The fourth-order valence-corrected chi connectivity index (χ4v) is 1.20. The lowest BCUT2D eigenvalue weighted by atomic mass is 10.0. The van der Waals surface area contributed by atoms with Crippen molar-refractivity contribution in [1.82, 2.24) is 0 Å². The summed E-state index contributed by atoms with van der Waals surface area (Å²) in [6.07, 6.45) is -1.08. The number of carbonyl (C=O) groups excluding carboxylic acids is 1. The van der Waals surface area contributed by atoms with Crippen LogP contribution in [0, 0.1) is 0 Å². The predicted molar refractivity (Wildman–Crippen MR) is 55.0 cm³/mol. The lowest BCUT2D eigenvalue weighted by Crippen LogP contribution is -2.21. The molecule has 82 valence electrons. The van der Waals surface area contributed by atoms with Crippen molar-refractivity contribution in [2.75, 3.05) is 13.7 Å². The van der Waals surface area contributed by atoms with Crippen LogP contribution in [0.5, 0.6) is 5.75 Å². The molecule has 0 radical (unpaired) electrons. The molecule has 2 N–H and O–H groups in total. The molecule has 0 saturated heterocycles. The molecule has 0 amide bonds. The van der Waals surface area contributed by atoms with Crippen LogP contribution in [-0.4, -0.2) is 35.8 Å². The number of benzene rings is 1. The molecular formula is C11H14O4. The van der Waals surface area contributed by atoms with Gasteiger partial charge in [0, 0.05) is 18.6 Å². The van der Waals surface area contributed by atoms with E-state index in [1.165, 1.54) is 7.11 Å². The van der Waals surface area contributed by atoms with E-state index in [2.05, 4.69) is 0 Å². The molecule has 1 rings (SSSR count). The molecule has 15 heavy (non-hydrogen) atoms. The lowest BCUT2D eigenvalue weighted by molar-refractivity contribution is 0.0686. The summed E-state index contributed by atoms with van der Waals surface area (Å²) < 4.78 is 4.94. The number of Topliss-reactive ketones (excluding diaryl/α,β-unsaturated/α-hetero) is 1. The quantitative estimate of drug-likeness (QED) is 0.699. The summed E-state index contributed by atoms with van der Waals surface area (Å²) in [5.41, 5.74) is 0.414. The second-order valence-corrected chi connectivity index (χ2v) is 3.12. The molecule has 0 aromatic heterocycles. The zero-order chi connectivity index (χ0) is 11.3. The zero-order valence-corrected chi connectivity index (χ0v) is 8.51. The molecule has 0 saturated carbocycles. The average molecular weight is 210 g/mol. The number of ether oxygens (including phenoxy) is 1. The van der Waals surface area contributed by atoms with Gasteiger partial charge in [-0.1, -0.05) is 0 Å². The van der Waals surface area contributed by atoms with Crippen LogP contribution < -0.4 is 4.74 Å². The van der Waals surface area contributed by atoms with Crippen molar-refractivity contribution in [2.24, 2.45) is 0 Å². The normalized spacial score (nSPS) is 12.2. The van der Waals surface area contributed by atoms with E-state index in [0.717, 1.165) is 0 Å². The van der Waals surface area contributed by atoms with Crippen LogP contribution in [0.3, 0.4) is 0 Å². The second-order valence-electron chi connectivity index (χ2n) is 3.12. The van der Waals surface area contributed by atoms with Gasteiger partial charge in [0.25, 0.3) is 0 Å². The number of ketones is 1. The van der Waals surface area contributed by atoms with E-state index in [9.17, 15) is 9.90 Å². The number of carbonyl (C=O) groups is 1. The summed E-state index contributed by atoms with van der Waals surface area (Å²) >= 11 is 0. The number of aliphatic hydroxyl groups is 2. The second kappa shape index (κ2) is 5.48. The maximum absolute atomic E-state index is 11.5. The van der Waals surface area contributed by atoms with E-state index in [-0.39, 0.29) is 18.8 Å². The van der Waals surface area contributed by atoms with E-state index < -0.39 is 6.10 Å². The summed E-state index contributed by atoms with van der Waals surface area (Å²) in [7, 11) is 1.54. The van der Waals surface area contributed by atoms with Crippen LogP contribution in [0.1, 0.15) is 16.8 Å². The number of hydrogen-bond acceptors (Lipinski definition) is 4. The van der Waals surface area contributed by atoms with E-state index in [1.54, 1.807) is 24.3 Å². The van der Waals surface area contributed by atoms with Gasteiger partial charge in [0.15, 0.2) is 5.78 Å². The highest BCUT2D eigenvalue weighted by molar-refractivity contribution is 5.99. The molecule has 0 aliphatic carbocycles. The molecule has 1 atom stereocenters. The summed E-state index contributed by atoms with van der Waals surface area (Å²) in [5.74, 6) is 0.273. The monoisotopic (exact) mass is 210 g/mol. The van der Waals surface area contributed by atoms with Gasteiger partial charge in [0.2, 0.25) is 0 Å². The van der Waals surface area contributed by atoms with Gasteiger partial charge in [-0.25, -0.2) is 0 Å². The average Bonchev–Trinajstić information content (AvgIpc) is 2.28. The fourth-order valence-electron chi connectivity index (χ4n) is 1.20. The Labute approximate surface area is 88.1 Å². The Bertz CT molecular complexity index is 318. The smallest absolute Gasteiger partial charge is 0.191 e. The van der Waals surface area contributed by atoms with Crippen molar-refractivity contribution in [3.63, 3.8) is 0 Å². The highest BCUT2D eigenvalue weighted by Crippen LogP contribution is 2.13. The molecular weight excluding hydrogens is 196 g/mol. The van der Waals surface area contributed by atoms with Crippen LogP contribution >= 0.6 is 0 Å². The van der Waals surface area contributed by atoms with Gasteiger partial charge in [-0.3, -0.25) is 4.79 Å². The van der Waals surface area contributed by atoms with Gasteiger partial charge < -0.3 is 14.9 Å². The van der Waals surface area contributed by atoms with E-state index >= 15 is 0 Å². The van der Waals surface area contributed by atoms with Crippen molar-refractivity contribution in [3.05, 3.63) is 29.8 Å². The molecule has 1 aromatic rings. The van der Waals surface area contributed by atoms with Crippen molar-refractivity contribution in [1.29, 1.82) is 0 Å². The summed E-state index contributed by atoms with van der Waals surface area (Å²) in [4.78, 5) is 11.5. The number of rotatable bonds is 5. The first-order valence-electron chi connectivity index (χ1n) is 4.66. The summed E-state index contributed by atoms with van der Waals surface area (Å²) in [5, 5.41) is 17.9. The Morgan fingerprint density at radius 2 is 2.00 bits per heavy atom. The van der Waals surface area contributed by atoms with Crippen LogP contribution in [0.15, 0.2) is 24.3 Å². The van der Waals surface area contributed by atoms with Crippen LogP contribution in [0.4, 0.5) is 0 Å².